The molecule has 0 radical (unpaired) electrons. The number of rotatable bonds is 6. The zero-order valence-corrected chi connectivity index (χ0v) is 19.0. The summed E-state index contributed by atoms with van der Waals surface area (Å²) in [5, 5.41) is 1.24. The summed E-state index contributed by atoms with van der Waals surface area (Å²) in [7, 11) is 0. The first-order valence-corrected chi connectivity index (χ1v) is 10.5. The maximum absolute atomic E-state index is 12.2. The van der Waals surface area contributed by atoms with Gasteiger partial charge in [0.15, 0.2) is 0 Å². The number of ether oxygens (including phenoxy) is 2. The molecule has 4 nitrogen and oxygen atoms in total. The summed E-state index contributed by atoms with van der Waals surface area (Å²) in [5.41, 5.74) is 0.414. The molecule has 0 spiro atoms. The van der Waals surface area contributed by atoms with Crippen molar-refractivity contribution in [1.82, 2.24) is 0 Å². The third-order valence-electron chi connectivity index (χ3n) is 4.35. The third kappa shape index (κ3) is 5.63. The van der Waals surface area contributed by atoms with E-state index in [-0.39, 0.29) is 24.3 Å². The molecule has 2 aromatic rings. The lowest BCUT2D eigenvalue weighted by Gasteiger charge is -2.06. The Morgan fingerprint density at radius 1 is 0.690 bits per heavy atom. The van der Waals surface area contributed by atoms with Gasteiger partial charge in [-0.1, -0.05) is 46.4 Å². The molecule has 3 rings (SSSR count). The van der Waals surface area contributed by atoms with Gasteiger partial charge in [-0.3, -0.25) is 0 Å². The molecule has 2 aromatic carbocycles. The second-order valence-electron chi connectivity index (χ2n) is 6.40. The van der Waals surface area contributed by atoms with E-state index in [1.807, 2.05) is 0 Å². The number of hydrogen-bond acceptors (Lipinski definition) is 4. The molecule has 29 heavy (non-hydrogen) atoms. The van der Waals surface area contributed by atoms with E-state index in [1.54, 1.807) is 0 Å². The zero-order chi connectivity index (χ0) is 21.3. The van der Waals surface area contributed by atoms with Crippen molar-refractivity contribution in [2.45, 2.75) is 4.33 Å². The van der Waals surface area contributed by atoms with Crippen molar-refractivity contribution in [3.63, 3.8) is 0 Å². The van der Waals surface area contributed by atoms with E-state index < -0.39 is 28.1 Å². The van der Waals surface area contributed by atoms with Crippen LogP contribution in [0.2, 0.25) is 20.1 Å². The van der Waals surface area contributed by atoms with Crippen LogP contribution in [0.15, 0.2) is 36.4 Å². The quantitative estimate of drug-likeness (QED) is 0.315. The molecule has 0 amide bonds. The van der Waals surface area contributed by atoms with Crippen molar-refractivity contribution in [3.8, 4) is 0 Å². The van der Waals surface area contributed by atoms with Gasteiger partial charge in [-0.05, 0) is 36.4 Å². The minimum atomic E-state index is -1.18. The van der Waals surface area contributed by atoms with Crippen molar-refractivity contribution in [2.75, 3.05) is 13.2 Å². The van der Waals surface area contributed by atoms with Crippen LogP contribution in [0.5, 0.6) is 0 Å². The van der Waals surface area contributed by atoms with Gasteiger partial charge < -0.3 is 9.47 Å². The predicted octanol–water partition coefficient (Wildman–Crippen LogP) is 6.73. The molecule has 1 fully saturated rings. The molecule has 0 aromatic heterocycles. The Balaban J connectivity index is 1.54. The first-order valence-electron chi connectivity index (χ1n) is 8.22. The fourth-order valence-corrected chi connectivity index (χ4v) is 4.54. The summed E-state index contributed by atoms with van der Waals surface area (Å²) in [6, 6.07) is 8.75. The van der Waals surface area contributed by atoms with Crippen molar-refractivity contribution >= 4 is 81.5 Å². The number of carbonyl (C=O) groups is 2. The number of alkyl halides is 2. The van der Waals surface area contributed by atoms with Gasteiger partial charge >= 0.3 is 11.9 Å². The lowest BCUT2D eigenvalue weighted by Crippen LogP contribution is -2.11. The number of benzene rings is 2. The first-order chi connectivity index (χ1) is 13.6. The van der Waals surface area contributed by atoms with Gasteiger partial charge in [0.1, 0.15) is 4.33 Å². The molecule has 0 saturated heterocycles. The maximum Gasteiger partial charge on any atom is 0.338 e. The van der Waals surface area contributed by atoms with Gasteiger partial charge in [0.2, 0.25) is 0 Å². The van der Waals surface area contributed by atoms with Crippen LogP contribution in [-0.2, 0) is 9.47 Å². The van der Waals surface area contributed by atoms with Gasteiger partial charge in [-0.25, -0.2) is 9.59 Å². The van der Waals surface area contributed by atoms with Crippen LogP contribution in [0.25, 0.3) is 0 Å². The van der Waals surface area contributed by atoms with Gasteiger partial charge in [0.25, 0.3) is 0 Å². The minimum Gasteiger partial charge on any atom is -0.462 e. The SMILES string of the molecule is O=C(OC[C@@H]1[C@@H](COC(=O)c2cc(Cl)cc(Cl)c2)C1(Cl)Cl)c1cc(Cl)cc(Cl)c1. The molecule has 1 aliphatic rings. The average Bonchev–Trinajstić information content (AvgIpc) is 3.14. The van der Waals surface area contributed by atoms with Crippen LogP contribution in [0.3, 0.4) is 0 Å². The van der Waals surface area contributed by atoms with Crippen LogP contribution < -0.4 is 0 Å². The lowest BCUT2D eigenvalue weighted by molar-refractivity contribution is 0.0419. The number of halogens is 6. The molecule has 2 atom stereocenters. The summed E-state index contributed by atoms with van der Waals surface area (Å²) >= 11 is 36.0. The molecule has 10 heteroatoms. The zero-order valence-electron chi connectivity index (χ0n) is 14.4. The number of esters is 2. The van der Waals surface area contributed by atoms with Crippen LogP contribution in [0.4, 0.5) is 0 Å². The first kappa shape index (κ1) is 22.8. The molecular formula is C19H12Cl6O4. The van der Waals surface area contributed by atoms with E-state index >= 15 is 0 Å². The standard InChI is InChI=1S/C19H12Cl6O4/c20-11-1-9(2-12(21)5-11)17(26)28-7-15-16(19(15,24)25)8-29-18(27)10-3-13(22)6-14(23)4-10/h1-6,15-16H,7-8H2/t15-,16-/m1/s1. The van der Waals surface area contributed by atoms with E-state index in [0.29, 0.717) is 20.1 Å². The van der Waals surface area contributed by atoms with Crippen LogP contribution in [-0.4, -0.2) is 29.5 Å². The van der Waals surface area contributed by atoms with Crippen LogP contribution in [0.1, 0.15) is 20.7 Å². The summed E-state index contributed by atoms with van der Waals surface area (Å²) in [6.45, 7) is -0.109. The summed E-state index contributed by atoms with van der Waals surface area (Å²) in [6.07, 6.45) is 0. The van der Waals surface area contributed by atoms with E-state index in [9.17, 15) is 9.59 Å². The van der Waals surface area contributed by atoms with Crippen molar-refractivity contribution in [2.24, 2.45) is 11.8 Å². The van der Waals surface area contributed by atoms with E-state index in [1.165, 1.54) is 36.4 Å². The molecule has 0 aliphatic heterocycles. The molecular weight excluding hydrogens is 505 g/mol. The Morgan fingerprint density at radius 3 is 1.31 bits per heavy atom. The molecule has 0 N–H and O–H groups in total. The highest BCUT2D eigenvalue weighted by molar-refractivity contribution is 6.51. The topological polar surface area (TPSA) is 52.6 Å². The highest BCUT2D eigenvalue weighted by Crippen LogP contribution is 2.59. The van der Waals surface area contributed by atoms with E-state index in [2.05, 4.69) is 0 Å². The number of carbonyl (C=O) groups excluding carboxylic acids is 2. The average molecular weight is 517 g/mol. The molecule has 0 unspecified atom stereocenters. The Kier molecular flexibility index (Phi) is 7.14. The Bertz CT molecular complexity index is 846. The molecule has 1 saturated carbocycles. The molecule has 154 valence electrons. The predicted molar refractivity (Wildman–Crippen MR) is 115 cm³/mol. The third-order valence-corrected chi connectivity index (χ3v) is 6.34. The Morgan fingerprint density at radius 2 is 1.00 bits per heavy atom. The molecule has 1 aliphatic carbocycles. The second-order valence-corrected chi connectivity index (χ2v) is 9.59. The Hall–Kier alpha value is -0.880. The number of hydrogen-bond donors (Lipinski definition) is 0. The fourth-order valence-electron chi connectivity index (χ4n) is 2.76. The largest absolute Gasteiger partial charge is 0.462 e. The van der Waals surface area contributed by atoms with E-state index in [4.69, 9.17) is 79.1 Å². The van der Waals surface area contributed by atoms with Gasteiger partial charge in [-0.15, -0.1) is 23.2 Å². The Labute approximate surface area is 196 Å². The maximum atomic E-state index is 12.2. The van der Waals surface area contributed by atoms with Gasteiger partial charge in [0.05, 0.1) is 24.3 Å². The minimum absolute atomic E-state index is 0.0544. The van der Waals surface area contributed by atoms with Crippen LogP contribution in [0, 0.1) is 11.8 Å². The van der Waals surface area contributed by atoms with Gasteiger partial charge in [0, 0.05) is 31.9 Å². The second kappa shape index (κ2) is 9.09. The van der Waals surface area contributed by atoms with Crippen molar-refractivity contribution in [1.29, 1.82) is 0 Å². The van der Waals surface area contributed by atoms with Crippen LogP contribution >= 0.6 is 69.6 Å². The monoisotopic (exact) mass is 514 g/mol. The lowest BCUT2D eigenvalue weighted by atomic mass is 10.2. The summed E-state index contributed by atoms with van der Waals surface area (Å²) in [4.78, 5) is 24.4. The normalized spacial score (nSPS) is 19.5. The van der Waals surface area contributed by atoms with E-state index in [0.717, 1.165) is 0 Å². The summed E-state index contributed by atoms with van der Waals surface area (Å²) < 4.78 is 9.32. The van der Waals surface area contributed by atoms with Crippen molar-refractivity contribution < 1.29 is 19.1 Å². The summed E-state index contributed by atoms with van der Waals surface area (Å²) in [5.74, 6) is -2.04. The van der Waals surface area contributed by atoms with Crippen molar-refractivity contribution in [3.05, 3.63) is 67.6 Å². The fraction of sp³-hybridized carbons (Fsp3) is 0.263. The molecule has 0 heterocycles. The van der Waals surface area contributed by atoms with Gasteiger partial charge in [-0.2, -0.15) is 0 Å². The highest BCUT2D eigenvalue weighted by atomic mass is 35.5. The molecule has 0 bridgehead atoms. The smallest absolute Gasteiger partial charge is 0.338 e. The highest BCUT2D eigenvalue weighted by Gasteiger charge is 2.64.